The smallest absolute Gasteiger partial charge is 0.320 e. The highest BCUT2D eigenvalue weighted by molar-refractivity contribution is 5.72. The number of carbonyl (C=O) groups is 1. The zero-order valence-electron chi connectivity index (χ0n) is 7.94. The van der Waals surface area contributed by atoms with E-state index in [1.165, 1.54) is 0 Å². The van der Waals surface area contributed by atoms with Crippen LogP contribution in [0.25, 0.3) is 0 Å². The van der Waals surface area contributed by atoms with Crippen molar-refractivity contribution in [2.45, 2.75) is 26.4 Å². The number of esters is 1. The summed E-state index contributed by atoms with van der Waals surface area (Å²) in [4.78, 5) is 11.0. The predicted octanol–water partition coefficient (Wildman–Crippen LogP) is 0.201. The minimum atomic E-state index is -0.417. The third kappa shape index (κ3) is 7.50. The summed E-state index contributed by atoms with van der Waals surface area (Å²) in [6.07, 6.45) is 0. The molecule has 0 amide bonds. The lowest BCUT2D eigenvalue weighted by Crippen LogP contribution is -2.32. The molecule has 0 aliphatic heterocycles. The molecule has 0 spiro atoms. The number of hydrogen-bond donors (Lipinski definition) is 1. The lowest BCUT2D eigenvalue weighted by molar-refractivity contribution is -0.153. The molecular weight excluding hydrogens is 156 g/mol. The molecule has 0 atom stereocenters. The Morgan fingerprint density at radius 3 is 2.50 bits per heavy atom. The highest BCUT2D eigenvalue weighted by atomic mass is 16.6. The molecule has 0 aliphatic rings. The van der Waals surface area contributed by atoms with Gasteiger partial charge in [-0.25, -0.2) is 0 Å². The second kappa shape index (κ2) is 5.11. The number of rotatable bonds is 4. The molecule has 4 nitrogen and oxygen atoms in total. The van der Waals surface area contributed by atoms with Crippen LogP contribution in [0.4, 0.5) is 0 Å². The lowest BCUT2D eigenvalue weighted by atomic mass is 10.2. The molecule has 0 aliphatic carbocycles. The van der Waals surface area contributed by atoms with Crippen LogP contribution in [0.3, 0.4) is 0 Å². The quantitative estimate of drug-likeness (QED) is 0.488. The molecule has 0 unspecified atom stereocenters. The first kappa shape index (κ1) is 11.4. The first-order valence-corrected chi connectivity index (χ1v) is 4.03. The summed E-state index contributed by atoms with van der Waals surface area (Å²) in [6.45, 7) is 6.48. The molecule has 0 heterocycles. The third-order valence-electron chi connectivity index (χ3n) is 0.991. The van der Waals surface area contributed by atoms with Crippen molar-refractivity contribution in [1.82, 2.24) is 11.1 Å². The number of ether oxygens (including phenoxy) is 1. The summed E-state index contributed by atoms with van der Waals surface area (Å²) in [6, 6.07) is 0. The lowest BCUT2D eigenvalue weighted by Gasteiger charge is -2.19. The second-order valence-corrected chi connectivity index (χ2v) is 3.51. The van der Waals surface area contributed by atoms with Crippen molar-refractivity contribution in [2.24, 2.45) is 0 Å². The standard InChI is InChI=1S/C8H17N2O2/c1-8(2,3)12-7(11)6-10-5-4-9/h9-10H,4-6H2,1-3H3. The average molecular weight is 173 g/mol. The summed E-state index contributed by atoms with van der Waals surface area (Å²) in [5.41, 5.74) is 6.40. The van der Waals surface area contributed by atoms with Crippen LogP contribution in [0, 0.1) is 0 Å². The van der Waals surface area contributed by atoms with Crippen LogP contribution in [0.15, 0.2) is 0 Å². The van der Waals surface area contributed by atoms with Crippen molar-refractivity contribution in [3.8, 4) is 0 Å². The van der Waals surface area contributed by atoms with Gasteiger partial charge >= 0.3 is 5.97 Å². The summed E-state index contributed by atoms with van der Waals surface area (Å²) < 4.78 is 5.02. The molecule has 0 saturated carbocycles. The molecule has 2 N–H and O–H groups in total. The normalized spacial score (nSPS) is 11.3. The van der Waals surface area contributed by atoms with Gasteiger partial charge < -0.3 is 10.1 Å². The van der Waals surface area contributed by atoms with E-state index in [1.54, 1.807) is 0 Å². The van der Waals surface area contributed by atoms with Gasteiger partial charge in [-0.05, 0) is 20.8 Å². The Bertz CT molecular complexity index is 140. The second-order valence-electron chi connectivity index (χ2n) is 3.51. The van der Waals surface area contributed by atoms with E-state index >= 15 is 0 Å². The Kier molecular flexibility index (Phi) is 4.85. The Morgan fingerprint density at radius 2 is 2.08 bits per heavy atom. The van der Waals surface area contributed by atoms with Gasteiger partial charge in [-0.1, -0.05) is 0 Å². The molecule has 0 fully saturated rings. The van der Waals surface area contributed by atoms with Crippen molar-refractivity contribution in [3.05, 3.63) is 0 Å². The van der Waals surface area contributed by atoms with Crippen molar-refractivity contribution < 1.29 is 9.53 Å². The Labute approximate surface area is 73.5 Å². The predicted molar refractivity (Wildman–Crippen MR) is 46.7 cm³/mol. The average Bonchev–Trinajstić information content (AvgIpc) is 1.84. The first-order valence-electron chi connectivity index (χ1n) is 4.03. The van der Waals surface area contributed by atoms with Crippen LogP contribution in [-0.4, -0.2) is 31.2 Å². The summed E-state index contributed by atoms with van der Waals surface area (Å²) in [5.74, 6) is -0.268. The van der Waals surface area contributed by atoms with Gasteiger partial charge in [-0.3, -0.25) is 10.5 Å². The molecular formula is C8H17N2O2. The summed E-state index contributed by atoms with van der Waals surface area (Å²) >= 11 is 0. The van der Waals surface area contributed by atoms with Crippen molar-refractivity contribution >= 4 is 5.97 Å². The van der Waals surface area contributed by atoms with Gasteiger partial charge in [0, 0.05) is 13.1 Å². The van der Waals surface area contributed by atoms with E-state index in [4.69, 9.17) is 10.5 Å². The molecule has 71 valence electrons. The fourth-order valence-corrected chi connectivity index (χ4v) is 0.656. The van der Waals surface area contributed by atoms with E-state index in [1.807, 2.05) is 20.8 Å². The maximum absolute atomic E-state index is 11.0. The first-order chi connectivity index (χ1) is 5.45. The van der Waals surface area contributed by atoms with Gasteiger partial charge in [0.1, 0.15) is 5.60 Å². The van der Waals surface area contributed by atoms with E-state index in [2.05, 4.69) is 5.32 Å². The minimum Gasteiger partial charge on any atom is -0.459 e. The Balaban J connectivity index is 3.47. The highest BCUT2D eigenvalue weighted by Gasteiger charge is 2.15. The monoisotopic (exact) mass is 173 g/mol. The molecule has 4 heteroatoms. The van der Waals surface area contributed by atoms with Gasteiger partial charge in [0.05, 0.1) is 6.54 Å². The third-order valence-corrected chi connectivity index (χ3v) is 0.991. The largest absolute Gasteiger partial charge is 0.459 e. The topological polar surface area (TPSA) is 62.1 Å². The van der Waals surface area contributed by atoms with E-state index in [-0.39, 0.29) is 19.1 Å². The molecule has 0 aromatic heterocycles. The van der Waals surface area contributed by atoms with E-state index in [0.29, 0.717) is 6.54 Å². The summed E-state index contributed by atoms with van der Waals surface area (Å²) in [5, 5.41) is 2.80. The molecule has 0 bridgehead atoms. The van der Waals surface area contributed by atoms with Gasteiger partial charge in [0.25, 0.3) is 0 Å². The fraction of sp³-hybridized carbons (Fsp3) is 0.875. The Hall–Kier alpha value is -0.610. The van der Waals surface area contributed by atoms with Gasteiger partial charge in [-0.15, -0.1) is 0 Å². The minimum absolute atomic E-state index is 0.191. The maximum atomic E-state index is 11.0. The van der Waals surface area contributed by atoms with Crippen molar-refractivity contribution in [3.63, 3.8) is 0 Å². The van der Waals surface area contributed by atoms with Crippen LogP contribution in [0.2, 0.25) is 0 Å². The zero-order chi connectivity index (χ0) is 9.61. The van der Waals surface area contributed by atoms with Crippen molar-refractivity contribution in [2.75, 3.05) is 19.6 Å². The van der Waals surface area contributed by atoms with Gasteiger partial charge in [-0.2, -0.15) is 0 Å². The van der Waals surface area contributed by atoms with E-state index in [0.717, 1.165) is 0 Å². The van der Waals surface area contributed by atoms with Crippen LogP contribution < -0.4 is 11.1 Å². The van der Waals surface area contributed by atoms with Crippen LogP contribution in [0.1, 0.15) is 20.8 Å². The highest BCUT2D eigenvalue weighted by Crippen LogP contribution is 2.05. The van der Waals surface area contributed by atoms with Gasteiger partial charge in [0.15, 0.2) is 0 Å². The van der Waals surface area contributed by atoms with Crippen molar-refractivity contribution in [1.29, 1.82) is 0 Å². The van der Waals surface area contributed by atoms with Gasteiger partial charge in [0.2, 0.25) is 0 Å². The molecule has 1 radical (unpaired) electrons. The van der Waals surface area contributed by atoms with E-state index < -0.39 is 5.60 Å². The molecule has 0 aromatic carbocycles. The SMILES string of the molecule is CC(C)(C)OC(=O)CNCC[NH]. The van der Waals surface area contributed by atoms with E-state index in [9.17, 15) is 4.79 Å². The van der Waals surface area contributed by atoms with Crippen LogP contribution in [-0.2, 0) is 9.53 Å². The number of hydrogen-bond acceptors (Lipinski definition) is 3. The van der Waals surface area contributed by atoms with Crippen LogP contribution in [0.5, 0.6) is 0 Å². The van der Waals surface area contributed by atoms with Crippen LogP contribution >= 0.6 is 0 Å². The number of carbonyl (C=O) groups excluding carboxylic acids is 1. The molecule has 0 aromatic rings. The summed E-state index contributed by atoms with van der Waals surface area (Å²) in [7, 11) is 0. The molecule has 0 saturated heterocycles. The maximum Gasteiger partial charge on any atom is 0.320 e. The Morgan fingerprint density at radius 1 is 1.50 bits per heavy atom. The fourth-order valence-electron chi connectivity index (χ4n) is 0.656. The molecule has 12 heavy (non-hydrogen) atoms. The zero-order valence-corrected chi connectivity index (χ0v) is 7.94. The molecule has 0 rings (SSSR count). The number of nitrogens with one attached hydrogen (secondary N) is 2.